The first-order valence-electron chi connectivity index (χ1n) is 5.15. The molecule has 0 amide bonds. The molecule has 1 aromatic carbocycles. The number of rotatable bonds is 3. The second-order valence-corrected chi connectivity index (χ2v) is 4.87. The van der Waals surface area contributed by atoms with Gasteiger partial charge in [-0.2, -0.15) is 0 Å². The smallest absolute Gasteiger partial charge is 0.0187 e. The zero-order chi connectivity index (χ0) is 10.8. The Bertz CT molecular complexity index is 283. The molecule has 1 heteroatoms. The number of hydrogen-bond donors (Lipinski definition) is 0. The van der Waals surface area contributed by atoms with Crippen LogP contribution in [0.2, 0.25) is 0 Å². The summed E-state index contributed by atoms with van der Waals surface area (Å²) in [5.74, 6) is 0. The minimum atomic E-state index is 0.231. The van der Waals surface area contributed by atoms with Crippen molar-refractivity contribution >= 4 is 0 Å². The molecule has 0 aliphatic rings. The minimum Gasteiger partial charge on any atom is -0.304 e. The van der Waals surface area contributed by atoms with E-state index in [0.29, 0.717) is 0 Å². The highest BCUT2D eigenvalue weighted by Gasteiger charge is 2.20. The quantitative estimate of drug-likeness (QED) is 0.710. The molecule has 0 radical (unpaired) electrons. The lowest BCUT2D eigenvalue weighted by atomic mass is 9.93. The van der Waals surface area contributed by atoms with Gasteiger partial charge < -0.3 is 4.90 Å². The Kier molecular flexibility index (Phi) is 3.33. The summed E-state index contributed by atoms with van der Waals surface area (Å²) in [5.41, 5.74) is 2.97. The predicted octanol–water partition coefficient (Wildman–Crippen LogP) is 2.88. The SMILES string of the molecule is Cc1ccc(CC(C)(C)N(C)C)cc1. The molecule has 0 saturated heterocycles. The summed E-state index contributed by atoms with van der Waals surface area (Å²) in [7, 11) is 4.27. The second kappa shape index (κ2) is 4.14. The van der Waals surface area contributed by atoms with Gasteiger partial charge in [-0.3, -0.25) is 0 Å². The van der Waals surface area contributed by atoms with Crippen LogP contribution >= 0.6 is 0 Å². The van der Waals surface area contributed by atoms with E-state index in [4.69, 9.17) is 0 Å². The number of hydrogen-bond acceptors (Lipinski definition) is 1. The van der Waals surface area contributed by atoms with Crippen LogP contribution in [0.3, 0.4) is 0 Å². The van der Waals surface area contributed by atoms with E-state index >= 15 is 0 Å². The van der Waals surface area contributed by atoms with Crippen molar-refractivity contribution in [2.24, 2.45) is 0 Å². The maximum absolute atomic E-state index is 2.27. The van der Waals surface area contributed by atoms with Gasteiger partial charge in [0.1, 0.15) is 0 Å². The number of aryl methyl sites for hydroxylation is 1. The fraction of sp³-hybridized carbons (Fsp3) is 0.538. The monoisotopic (exact) mass is 191 g/mol. The highest BCUT2D eigenvalue weighted by atomic mass is 15.1. The molecule has 0 unspecified atom stereocenters. The molecule has 0 spiro atoms. The average molecular weight is 191 g/mol. The Morgan fingerprint density at radius 3 is 2.00 bits per heavy atom. The van der Waals surface area contributed by atoms with Crippen molar-refractivity contribution in [3.63, 3.8) is 0 Å². The van der Waals surface area contributed by atoms with Crippen LogP contribution in [-0.4, -0.2) is 24.5 Å². The first-order valence-corrected chi connectivity index (χ1v) is 5.15. The van der Waals surface area contributed by atoms with Gasteiger partial charge in [0, 0.05) is 5.54 Å². The number of likely N-dealkylation sites (N-methyl/N-ethyl adjacent to an activating group) is 1. The van der Waals surface area contributed by atoms with E-state index in [1.807, 2.05) is 0 Å². The molecule has 0 aliphatic carbocycles. The van der Waals surface area contributed by atoms with Gasteiger partial charge >= 0.3 is 0 Å². The van der Waals surface area contributed by atoms with E-state index in [0.717, 1.165) is 6.42 Å². The van der Waals surface area contributed by atoms with Crippen LogP contribution in [0.1, 0.15) is 25.0 Å². The van der Waals surface area contributed by atoms with Gasteiger partial charge in [0.05, 0.1) is 0 Å². The van der Waals surface area contributed by atoms with Crippen LogP contribution in [0.4, 0.5) is 0 Å². The summed E-state index contributed by atoms with van der Waals surface area (Å²) in [6.07, 6.45) is 1.10. The van der Waals surface area contributed by atoms with Crippen LogP contribution < -0.4 is 0 Å². The van der Waals surface area contributed by atoms with Crippen molar-refractivity contribution in [3.8, 4) is 0 Å². The third kappa shape index (κ3) is 2.85. The van der Waals surface area contributed by atoms with E-state index < -0.39 is 0 Å². The zero-order valence-corrected chi connectivity index (χ0v) is 9.96. The number of nitrogens with zero attached hydrogens (tertiary/aromatic N) is 1. The lowest BCUT2D eigenvalue weighted by Gasteiger charge is -2.32. The van der Waals surface area contributed by atoms with Gasteiger partial charge in [0.25, 0.3) is 0 Å². The Morgan fingerprint density at radius 2 is 1.57 bits per heavy atom. The molecule has 1 nitrogen and oxygen atoms in total. The predicted molar refractivity (Wildman–Crippen MR) is 62.6 cm³/mol. The topological polar surface area (TPSA) is 3.24 Å². The van der Waals surface area contributed by atoms with Gasteiger partial charge in [-0.25, -0.2) is 0 Å². The second-order valence-electron chi connectivity index (χ2n) is 4.87. The molecule has 1 rings (SSSR count). The fourth-order valence-electron chi connectivity index (χ4n) is 1.36. The average Bonchev–Trinajstić information content (AvgIpc) is 2.08. The van der Waals surface area contributed by atoms with Crippen molar-refractivity contribution in [1.82, 2.24) is 4.90 Å². The minimum absolute atomic E-state index is 0.231. The fourth-order valence-corrected chi connectivity index (χ4v) is 1.36. The summed E-state index contributed by atoms with van der Waals surface area (Å²) < 4.78 is 0. The maximum atomic E-state index is 2.27. The van der Waals surface area contributed by atoms with Crippen molar-refractivity contribution in [3.05, 3.63) is 35.4 Å². The standard InChI is InChI=1S/C13H21N/c1-11-6-8-12(9-7-11)10-13(2,3)14(4)5/h6-9H,10H2,1-5H3. The van der Waals surface area contributed by atoms with Crippen molar-refractivity contribution in [1.29, 1.82) is 0 Å². The molecule has 0 heterocycles. The molecule has 0 bridgehead atoms. The van der Waals surface area contributed by atoms with Gasteiger partial charge in [0.15, 0.2) is 0 Å². The van der Waals surface area contributed by atoms with Gasteiger partial charge in [-0.15, -0.1) is 0 Å². The largest absolute Gasteiger partial charge is 0.304 e. The number of benzene rings is 1. The molecule has 1 aromatic rings. The van der Waals surface area contributed by atoms with E-state index in [1.54, 1.807) is 0 Å². The molecule has 0 aromatic heterocycles. The van der Waals surface area contributed by atoms with Crippen LogP contribution in [-0.2, 0) is 6.42 Å². The molecule has 0 aliphatic heterocycles. The van der Waals surface area contributed by atoms with Crippen LogP contribution in [0.15, 0.2) is 24.3 Å². The lowest BCUT2D eigenvalue weighted by Crippen LogP contribution is -2.40. The summed E-state index contributed by atoms with van der Waals surface area (Å²) in [4.78, 5) is 2.27. The van der Waals surface area contributed by atoms with Gasteiger partial charge in [-0.1, -0.05) is 29.8 Å². The van der Waals surface area contributed by atoms with Crippen molar-refractivity contribution in [2.45, 2.75) is 32.7 Å². The molecule has 0 fully saturated rings. The first kappa shape index (κ1) is 11.3. The normalized spacial score (nSPS) is 12.1. The summed E-state index contributed by atoms with van der Waals surface area (Å²) in [5, 5.41) is 0. The summed E-state index contributed by atoms with van der Waals surface area (Å²) in [6.45, 7) is 6.67. The Labute approximate surface area is 87.7 Å². The zero-order valence-electron chi connectivity index (χ0n) is 9.96. The van der Waals surface area contributed by atoms with Crippen LogP contribution in [0.5, 0.6) is 0 Å². The third-order valence-electron chi connectivity index (χ3n) is 2.97. The lowest BCUT2D eigenvalue weighted by molar-refractivity contribution is 0.195. The summed E-state index contributed by atoms with van der Waals surface area (Å²) in [6, 6.07) is 8.81. The summed E-state index contributed by atoms with van der Waals surface area (Å²) >= 11 is 0. The van der Waals surface area contributed by atoms with Crippen LogP contribution in [0, 0.1) is 6.92 Å². The van der Waals surface area contributed by atoms with E-state index in [1.165, 1.54) is 11.1 Å². The highest BCUT2D eigenvalue weighted by Crippen LogP contribution is 2.17. The van der Waals surface area contributed by atoms with Crippen molar-refractivity contribution in [2.75, 3.05) is 14.1 Å². The van der Waals surface area contributed by atoms with E-state index in [2.05, 4.69) is 64.0 Å². The van der Waals surface area contributed by atoms with E-state index in [9.17, 15) is 0 Å². The molecule has 14 heavy (non-hydrogen) atoms. The van der Waals surface area contributed by atoms with Gasteiger partial charge in [-0.05, 0) is 46.9 Å². The molecule has 0 saturated carbocycles. The van der Waals surface area contributed by atoms with Crippen molar-refractivity contribution < 1.29 is 0 Å². The van der Waals surface area contributed by atoms with Gasteiger partial charge in [0.2, 0.25) is 0 Å². The Balaban J connectivity index is 2.74. The Hall–Kier alpha value is -0.820. The molecule has 0 atom stereocenters. The molecule has 0 N–H and O–H groups in total. The first-order chi connectivity index (χ1) is 6.42. The molecular formula is C13H21N. The molecule has 78 valence electrons. The Morgan fingerprint density at radius 1 is 1.07 bits per heavy atom. The third-order valence-corrected chi connectivity index (χ3v) is 2.97. The molecular weight excluding hydrogens is 170 g/mol. The van der Waals surface area contributed by atoms with E-state index in [-0.39, 0.29) is 5.54 Å². The maximum Gasteiger partial charge on any atom is 0.0187 e. The highest BCUT2D eigenvalue weighted by molar-refractivity contribution is 5.22. The van der Waals surface area contributed by atoms with Crippen LogP contribution in [0.25, 0.3) is 0 Å².